The summed E-state index contributed by atoms with van der Waals surface area (Å²) in [5.41, 5.74) is 4.79. The Kier molecular flexibility index (Phi) is 9.67. The van der Waals surface area contributed by atoms with Gasteiger partial charge in [-0.1, -0.05) is 13.0 Å². The zero-order valence-corrected chi connectivity index (χ0v) is 8.89. The van der Waals surface area contributed by atoms with Gasteiger partial charge in [0.25, 0.3) is 0 Å². The van der Waals surface area contributed by atoms with Crippen LogP contribution in [0.3, 0.4) is 0 Å². The molecule has 0 rings (SSSR count). The van der Waals surface area contributed by atoms with E-state index in [4.69, 9.17) is 10.4 Å². The maximum Gasteiger partial charge on any atom is 0.412 e. The van der Waals surface area contributed by atoms with Gasteiger partial charge in [-0.25, -0.2) is 19.7 Å². The standard InChI is InChI=1S/C6H10O3.C2H4N2O3/c1-3-4-5(2)6(7)9-8;3-1(5)4-2(6)7/h4,8H,3H2,1-2H3;(H,6,7)(H3,3,4,5). The van der Waals surface area contributed by atoms with Crippen molar-refractivity contribution in [2.45, 2.75) is 20.3 Å². The van der Waals surface area contributed by atoms with E-state index in [0.29, 0.717) is 5.57 Å². The van der Waals surface area contributed by atoms with Gasteiger partial charge < -0.3 is 10.8 Å². The van der Waals surface area contributed by atoms with Gasteiger partial charge >= 0.3 is 18.1 Å². The summed E-state index contributed by atoms with van der Waals surface area (Å²) < 4.78 is 0. The van der Waals surface area contributed by atoms with Crippen molar-refractivity contribution in [1.29, 1.82) is 0 Å². The molecule has 16 heavy (non-hydrogen) atoms. The van der Waals surface area contributed by atoms with Crippen LogP contribution in [0.1, 0.15) is 20.3 Å². The zero-order chi connectivity index (χ0) is 13.1. The van der Waals surface area contributed by atoms with Crippen molar-refractivity contribution in [1.82, 2.24) is 5.32 Å². The van der Waals surface area contributed by atoms with E-state index in [2.05, 4.69) is 10.6 Å². The molecule has 0 aliphatic heterocycles. The summed E-state index contributed by atoms with van der Waals surface area (Å²) in [7, 11) is 0. The molecular weight excluding hydrogens is 220 g/mol. The molecule has 8 nitrogen and oxygen atoms in total. The van der Waals surface area contributed by atoms with Crippen LogP contribution >= 0.6 is 0 Å². The highest BCUT2D eigenvalue weighted by molar-refractivity contribution is 5.88. The number of rotatable bonds is 2. The Bertz CT molecular complexity index is 274. The molecule has 0 bridgehead atoms. The molecule has 0 aliphatic carbocycles. The number of carbonyl (C=O) groups excluding carboxylic acids is 2. The van der Waals surface area contributed by atoms with E-state index in [1.54, 1.807) is 13.0 Å². The van der Waals surface area contributed by atoms with Gasteiger partial charge in [0.05, 0.1) is 0 Å². The maximum absolute atomic E-state index is 10.4. The van der Waals surface area contributed by atoms with Gasteiger partial charge in [0.1, 0.15) is 0 Å². The molecule has 3 amide bonds. The molecule has 8 heteroatoms. The topological polar surface area (TPSA) is 139 Å². The van der Waals surface area contributed by atoms with Crippen LogP contribution in [-0.2, 0) is 9.68 Å². The molecule has 0 fully saturated rings. The second kappa shape index (κ2) is 9.46. The Balaban J connectivity index is 0. The van der Waals surface area contributed by atoms with Crippen LogP contribution in [-0.4, -0.2) is 28.5 Å². The fraction of sp³-hybridized carbons (Fsp3) is 0.375. The quantitative estimate of drug-likeness (QED) is 0.315. The summed E-state index contributed by atoms with van der Waals surface area (Å²) in [6.45, 7) is 3.48. The number of amides is 3. The number of imide groups is 1. The van der Waals surface area contributed by atoms with Gasteiger partial charge in [0, 0.05) is 5.57 Å². The van der Waals surface area contributed by atoms with E-state index in [1.807, 2.05) is 6.92 Å². The molecule has 0 aliphatic rings. The van der Waals surface area contributed by atoms with Crippen molar-refractivity contribution in [3.8, 4) is 0 Å². The van der Waals surface area contributed by atoms with Gasteiger partial charge in [-0.2, -0.15) is 5.26 Å². The van der Waals surface area contributed by atoms with Crippen LogP contribution < -0.4 is 11.1 Å². The van der Waals surface area contributed by atoms with E-state index in [-0.39, 0.29) is 0 Å². The van der Waals surface area contributed by atoms with Crippen LogP contribution in [0.25, 0.3) is 0 Å². The molecule has 0 saturated carbocycles. The summed E-state index contributed by atoms with van der Waals surface area (Å²) in [5, 5.41) is 16.9. The number of carbonyl (C=O) groups is 3. The third-order valence-electron chi connectivity index (χ3n) is 1.15. The summed E-state index contributed by atoms with van der Waals surface area (Å²) in [5.74, 6) is -0.683. The SMILES string of the molecule is CCC=C(C)C(=O)OO.NC(=O)NC(=O)O. The normalized spacial score (nSPS) is 9.56. The van der Waals surface area contributed by atoms with E-state index in [9.17, 15) is 14.4 Å². The van der Waals surface area contributed by atoms with Crippen molar-refractivity contribution >= 4 is 18.1 Å². The molecule has 0 spiro atoms. The molecule has 92 valence electrons. The van der Waals surface area contributed by atoms with Crippen LogP contribution in [0, 0.1) is 0 Å². The molecule has 0 atom stereocenters. The Morgan fingerprint density at radius 1 is 1.44 bits per heavy atom. The van der Waals surface area contributed by atoms with Gasteiger partial charge in [-0.3, -0.25) is 4.89 Å². The number of primary amides is 1. The number of hydrogen-bond donors (Lipinski definition) is 4. The first-order valence-corrected chi connectivity index (χ1v) is 4.17. The van der Waals surface area contributed by atoms with Crippen molar-refractivity contribution in [2.24, 2.45) is 5.73 Å². The van der Waals surface area contributed by atoms with Crippen LogP contribution in [0.5, 0.6) is 0 Å². The molecule has 0 saturated heterocycles. The molecular formula is C8H14N2O6. The molecule has 0 aromatic carbocycles. The number of nitrogens with two attached hydrogens (primary N) is 1. The van der Waals surface area contributed by atoms with E-state index < -0.39 is 18.1 Å². The summed E-state index contributed by atoms with van der Waals surface area (Å²) in [6, 6.07) is -1.06. The summed E-state index contributed by atoms with van der Waals surface area (Å²) in [4.78, 5) is 32.8. The maximum atomic E-state index is 10.4. The van der Waals surface area contributed by atoms with Crippen LogP contribution in [0.4, 0.5) is 9.59 Å². The lowest BCUT2D eigenvalue weighted by Gasteiger charge is -1.92. The summed E-state index contributed by atoms with van der Waals surface area (Å²) in [6.07, 6.45) is 1.01. The molecule has 0 unspecified atom stereocenters. The minimum atomic E-state index is -1.44. The lowest BCUT2D eigenvalue weighted by Crippen LogP contribution is -2.33. The molecule has 5 N–H and O–H groups in total. The third-order valence-corrected chi connectivity index (χ3v) is 1.15. The largest absolute Gasteiger partial charge is 0.465 e. The van der Waals surface area contributed by atoms with Crippen molar-refractivity contribution < 1.29 is 29.6 Å². The fourth-order valence-corrected chi connectivity index (χ4v) is 0.567. The smallest absolute Gasteiger partial charge is 0.412 e. The highest BCUT2D eigenvalue weighted by atomic mass is 17.1. The van der Waals surface area contributed by atoms with Gasteiger partial charge in [-0.05, 0) is 13.3 Å². The van der Waals surface area contributed by atoms with Crippen LogP contribution in [0.2, 0.25) is 0 Å². The second-order valence-corrected chi connectivity index (χ2v) is 2.47. The van der Waals surface area contributed by atoms with E-state index in [0.717, 1.165) is 6.42 Å². The molecule has 0 heterocycles. The Hall–Kier alpha value is -2.09. The first-order valence-electron chi connectivity index (χ1n) is 4.17. The summed E-state index contributed by atoms with van der Waals surface area (Å²) >= 11 is 0. The number of allylic oxidation sites excluding steroid dienone is 1. The Labute approximate surface area is 91.6 Å². The van der Waals surface area contributed by atoms with Crippen molar-refractivity contribution in [3.63, 3.8) is 0 Å². The predicted octanol–water partition coefficient (Wildman–Crippen LogP) is 0.692. The van der Waals surface area contributed by atoms with E-state index in [1.165, 1.54) is 5.32 Å². The number of hydrogen-bond acceptors (Lipinski definition) is 5. The third kappa shape index (κ3) is 11.9. The van der Waals surface area contributed by atoms with E-state index >= 15 is 0 Å². The Morgan fingerprint density at radius 2 is 1.94 bits per heavy atom. The Morgan fingerprint density at radius 3 is 2.12 bits per heavy atom. The zero-order valence-electron chi connectivity index (χ0n) is 8.89. The minimum Gasteiger partial charge on any atom is -0.465 e. The fourth-order valence-electron chi connectivity index (χ4n) is 0.567. The number of urea groups is 1. The first kappa shape index (κ1) is 16.3. The van der Waals surface area contributed by atoms with Crippen molar-refractivity contribution in [2.75, 3.05) is 0 Å². The van der Waals surface area contributed by atoms with Crippen LogP contribution in [0.15, 0.2) is 11.6 Å². The number of nitrogens with one attached hydrogen (secondary N) is 1. The number of carboxylic acid groups (broad SMARTS) is 1. The highest BCUT2D eigenvalue weighted by Crippen LogP contribution is 1.95. The lowest BCUT2D eigenvalue weighted by atomic mass is 10.2. The lowest BCUT2D eigenvalue weighted by molar-refractivity contribution is -0.229. The molecule has 0 aromatic heterocycles. The predicted molar refractivity (Wildman–Crippen MR) is 53.5 cm³/mol. The average Bonchev–Trinajstić information content (AvgIpc) is 2.15. The van der Waals surface area contributed by atoms with Crippen molar-refractivity contribution in [3.05, 3.63) is 11.6 Å². The monoisotopic (exact) mass is 234 g/mol. The van der Waals surface area contributed by atoms with Gasteiger partial charge in [0.2, 0.25) is 0 Å². The molecule has 0 aromatic rings. The van der Waals surface area contributed by atoms with Gasteiger partial charge in [-0.15, -0.1) is 0 Å². The highest BCUT2D eigenvalue weighted by Gasteiger charge is 2.01. The minimum absolute atomic E-state index is 0.431. The average molecular weight is 234 g/mol. The first-order chi connectivity index (χ1) is 7.34. The van der Waals surface area contributed by atoms with Gasteiger partial charge in [0.15, 0.2) is 0 Å². The second-order valence-electron chi connectivity index (χ2n) is 2.47. The molecule has 0 radical (unpaired) electrons.